The lowest BCUT2D eigenvalue weighted by molar-refractivity contribution is -0.143. The fourth-order valence-corrected chi connectivity index (χ4v) is 2.91. The number of carboxylic acids is 1. The highest BCUT2D eigenvalue weighted by Crippen LogP contribution is 2.11. The van der Waals surface area contributed by atoms with Crippen molar-refractivity contribution < 1.29 is 29.4 Å². The van der Waals surface area contributed by atoms with Crippen LogP contribution in [0.2, 0.25) is 0 Å². The minimum atomic E-state index is -1.16. The molecule has 10 nitrogen and oxygen atoms in total. The molecule has 3 amide bonds. The Morgan fingerprint density at radius 1 is 1.10 bits per heavy atom. The molecular formula is C20H30N4O6S. The highest BCUT2D eigenvalue weighted by atomic mass is 32.1. The first-order chi connectivity index (χ1) is 14.6. The van der Waals surface area contributed by atoms with E-state index in [1.807, 2.05) is 0 Å². The molecule has 31 heavy (non-hydrogen) atoms. The second kappa shape index (κ2) is 12.8. The van der Waals surface area contributed by atoms with Crippen LogP contribution in [-0.4, -0.2) is 64.3 Å². The molecule has 0 fully saturated rings. The van der Waals surface area contributed by atoms with Gasteiger partial charge in [-0.05, 0) is 30.0 Å². The van der Waals surface area contributed by atoms with E-state index in [1.54, 1.807) is 26.0 Å². The quantitative estimate of drug-likeness (QED) is 0.207. The molecule has 1 aromatic carbocycles. The second-order valence-electron chi connectivity index (χ2n) is 7.21. The van der Waals surface area contributed by atoms with E-state index in [-0.39, 0.29) is 23.8 Å². The summed E-state index contributed by atoms with van der Waals surface area (Å²) in [6.45, 7) is 3.09. The normalized spacial score (nSPS) is 14.6. The Balaban J connectivity index is 2.54. The Bertz CT molecular complexity index is 773. The molecule has 1 rings (SSSR count). The number of hydrogen-bond acceptors (Lipinski definition) is 7. The monoisotopic (exact) mass is 454 g/mol. The molecule has 0 aromatic heterocycles. The number of aliphatic carboxylic acids is 1. The summed E-state index contributed by atoms with van der Waals surface area (Å²) in [6.07, 6.45) is 0.757. The van der Waals surface area contributed by atoms with Crippen LogP contribution in [0, 0.1) is 5.92 Å². The van der Waals surface area contributed by atoms with Gasteiger partial charge < -0.3 is 31.9 Å². The maximum atomic E-state index is 12.4. The van der Waals surface area contributed by atoms with Crippen molar-refractivity contribution in [1.29, 1.82) is 0 Å². The fraction of sp³-hybridized carbons (Fsp3) is 0.500. The van der Waals surface area contributed by atoms with Crippen LogP contribution >= 0.6 is 12.6 Å². The van der Waals surface area contributed by atoms with Gasteiger partial charge in [-0.3, -0.25) is 14.4 Å². The van der Waals surface area contributed by atoms with Crippen LogP contribution in [0.15, 0.2) is 24.3 Å². The van der Waals surface area contributed by atoms with Gasteiger partial charge >= 0.3 is 5.97 Å². The van der Waals surface area contributed by atoms with Crippen LogP contribution in [0.5, 0.6) is 5.75 Å². The Morgan fingerprint density at radius 3 is 2.23 bits per heavy atom. The van der Waals surface area contributed by atoms with E-state index in [1.165, 1.54) is 12.1 Å². The number of carbonyl (C=O) groups is 4. The number of aromatic hydroxyl groups is 1. The van der Waals surface area contributed by atoms with Crippen LogP contribution < -0.4 is 21.7 Å². The zero-order valence-electron chi connectivity index (χ0n) is 17.5. The number of phenols is 1. The van der Waals surface area contributed by atoms with Crippen LogP contribution in [0.3, 0.4) is 0 Å². The molecule has 7 N–H and O–H groups in total. The van der Waals surface area contributed by atoms with Gasteiger partial charge in [0.05, 0.1) is 12.6 Å². The summed E-state index contributed by atoms with van der Waals surface area (Å²) < 4.78 is 0. The predicted octanol–water partition coefficient (Wildman–Crippen LogP) is -0.592. The van der Waals surface area contributed by atoms with Gasteiger partial charge in [0.1, 0.15) is 17.8 Å². The first kappa shape index (κ1) is 26.2. The Hall–Kier alpha value is -2.79. The van der Waals surface area contributed by atoms with Crippen molar-refractivity contribution >= 4 is 36.3 Å². The lowest BCUT2D eigenvalue weighted by atomic mass is 9.99. The van der Waals surface area contributed by atoms with E-state index >= 15 is 0 Å². The first-order valence-electron chi connectivity index (χ1n) is 9.83. The molecule has 0 aliphatic rings. The van der Waals surface area contributed by atoms with Gasteiger partial charge in [-0.1, -0.05) is 32.4 Å². The lowest BCUT2D eigenvalue weighted by Crippen LogP contribution is -2.55. The van der Waals surface area contributed by atoms with E-state index in [0.29, 0.717) is 6.42 Å². The Labute approximate surface area is 186 Å². The van der Waals surface area contributed by atoms with Crippen molar-refractivity contribution in [1.82, 2.24) is 16.0 Å². The summed E-state index contributed by atoms with van der Waals surface area (Å²) >= 11 is 4.03. The molecule has 172 valence electrons. The number of amides is 3. The summed E-state index contributed by atoms with van der Waals surface area (Å²) in [5.41, 5.74) is 6.58. The van der Waals surface area contributed by atoms with Gasteiger partial charge in [0.2, 0.25) is 17.7 Å². The number of thiol groups is 1. The molecular weight excluding hydrogens is 424 g/mol. The number of carboxylic acid groups (broad SMARTS) is 1. The van der Waals surface area contributed by atoms with E-state index in [2.05, 4.69) is 28.6 Å². The van der Waals surface area contributed by atoms with Crippen LogP contribution in [0.25, 0.3) is 0 Å². The fourth-order valence-electron chi connectivity index (χ4n) is 2.65. The number of benzene rings is 1. The zero-order chi connectivity index (χ0) is 23.6. The smallest absolute Gasteiger partial charge is 0.326 e. The molecule has 11 heteroatoms. The van der Waals surface area contributed by atoms with E-state index in [9.17, 15) is 29.4 Å². The second-order valence-corrected chi connectivity index (χ2v) is 7.57. The summed E-state index contributed by atoms with van der Waals surface area (Å²) in [4.78, 5) is 48.0. The third kappa shape index (κ3) is 8.85. The Morgan fingerprint density at radius 2 is 1.71 bits per heavy atom. The molecule has 0 heterocycles. The minimum absolute atomic E-state index is 0.0568. The molecule has 0 saturated heterocycles. The van der Waals surface area contributed by atoms with E-state index < -0.39 is 48.4 Å². The van der Waals surface area contributed by atoms with Crippen molar-refractivity contribution in [2.45, 2.75) is 44.8 Å². The topological polar surface area (TPSA) is 171 Å². The zero-order valence-corrected chi connectivity index (χ0v) is 18.4. The van der Waals surface area contributed by atoms with Crippen LogP contribution in [0.1, 0.15) is 25.8 Å². The van der Waals surface area contributed by atoms with Crippen molar-refractivity contribution in [2.75, 3.05) is 12.3 Å². The predicted molar refractivity (Wildman–Crippen MR) is 118 cm³/mol. The van der Waals surface area contributed by atoms with Crippen LogP contribution in [-0.2, 0) is 25.6 Å². The highest BCUT2D eigenvalue weighted by molar-refractivity contribution is 7.80. The van der Waals surface area contributed by atoms with Gasteiger partial charge in [-0.25, -0.2) is 4.79 Å². The summed E-state index contributed by atoms with van der Waals surface area (Å²) in [6, 6.07) is 3.16. The first-order valence-corrected chi connectivity index (χ1v) is 10.5. The molecule has 1 aromatic rings. The molecule has 4 atom stereocenters. The third-order valence-electron chi connectivity index (χ3n) is 4.76. The lowest BCUT2D eigenvalue weighted by Gasteiger charge is -2.23. The molecule has 4 unspecified atom stereocenters. The summed E-state index contributed by atoms with van der Waals surface area (Å²) in [7, 11) is 0. The number of nitrogens with two attached hydrogens (primary N) is 1. The number of hydrogen-bond donors (Lipinski definition) is 7. The summed E-state index contributed by atoms with van der Waals surface area (Å²) in [5, 5.41) is 25.8. The average molecular weight is 455 g/mol. The van der Waals surface area contributed by atoms with Crippen LogP contribution in [0.4, 0.5) is 0 Å². The molecule has 0 spiro atoms. The van der Waals surface area contributed by atoms with Crippen molar-refractivity contribution in [3.05, 3.63) is 29.8 Å². The minimum Gasteiger partial charge on any atom is -0.508 e. The van der Waals surface area contributed by atoms with E-state index in [4.69, 9.17) is 5.73 Å². The van der Waals surface area contributed by atoms with Gasteiger partial charge in [0.15, 0.2) is 0 Å². The SMILES string of the molecule is CCC(C)C(NC(=O)C(CS)NC(=O)CNC(=O)C(N)Cc1ccc(O)cc1)C(=O)O. The summed E-state index contributed by atoms with van der Waals surface area (Å²) in [5.74, 6) is -3.30. The van der Waals surface area contributed by atoms with Gasteiger partial charge in [-0.15, -0.1) is 0 Å². The highest BCUT2D eigenvalue weighted by Gasteiger charge is 2.29. The van der Waals surface area contributed by atoms with Crippen molar-refractivity contribution in [2.24, 2.45) is 11.7 Å². The van der Waals surface area contributed by atoms with E-state index in [0.717, 1.165) is 5.56 Å². The number of nitrogens with one attached hydrogen (secondary N) is 3. The third-order valence-corrected chi connectivity index (χ3v) is 5.13. The maximum absolute atomic E-state index is 12.4. The largest absolute Gasteiger partial charge is 0.508 e. The molecule has 0 aliphatic heterocycles. The average Bonchev–Trinajstić information content (AvgIpc) is 2.74. The number of rotatable bonds is 12. The molecule has 0 aliphatic carbocycles. The standard InChI is InChI=1S/C20H30N4O6S/c1-3-11(2)17(20(29)30)24-19(28)15(10-31)23-16(26)9-22-18(27)14(21)8-12-4-6-13(25)7-5-12/h4-7,11,14-15,17,25,31H,3,8-10,21H2,1-2H3,(H,22,27)(H,23,26)(H,24,28)(H,29,30). The molecule has 0 saturated carbocycles. The number of phenolic OH excluding ortho intramolecular Hbond substituents is 1. The van der Waals surface area contributed by atoms with Gasteiger partial charge in [0, 0.05) is 5.75 Å². The molecule has 0 radical (unpaired) electrons. The van der Waals surface area contributed by atoms with Gasteiger partial charge in [0.25, 0.3) is 0 Å². The number of carbonyl (C=O) groups excluding carboxylic acids is 3. The molecule has 0 bridgehead atoms. The Kier molecular flexibility index (Phi) is 10.8. The van der Waals surface area contributed by atoms with Gasteiger partial charge in [-0.2, -0.15) is 12.6 Å². The maximum Gasteiger partial charge on any atom is 0.326 e. The van der Waals surface area contributed by atoms with Crippen molar-refractivity contribution in [3.63, 3.8) is 0 Å². The van der Waals surface area contributed by atoms with Crippen molar-refractivity contribution in [3.8, 4) is 5.75 Å².